The Morgan fingerprint density at radius 2 is 1.92 bits per heavy atom. The van der Waals surface area contributed by atoms with Crippen molar-refractivity contribution in [3.05, 3.63) is 29.8 Å². The summed E-state index contributed by atoms with van der Waals surface area (Å²) in [5, 5.41) is 3.05. The summed E-state index contributed by atoms with van der Waals surface area (Å²) in [6.07, 6.45) is 0. The zero-order valence-electron chi connectivity index (χ0n) is 6.91. The first kappa shape index (κ1) is 9.38. The SMILES string of the molecule is Cc1ccc(NC(S)NN)cc1. The van der Waals surface area contributed by atoms with Crippen LogP contribution in [0.5, 0.6) is 0 Å². The first-order valence-electron chi connectivity index (χ1n) is 3.70. The summed E-state index contributed by atoms with van der Waals surface area (Å²) in [5.74, 6) is 5.16. The van der Waals surface area contributed by atoms with Crippen LogP contribution in [0, 0.1) is 6.92 Å². The van der Waals surface area contributed by atoms with Gasteiger partial charge in [-0.3, -0.25) is 5.84 Å². The van der Waals surface area contributed by atoms with E-state index >= 15 is 0 Å². The van der Waals surface area contributed by atoms with E-state index in [1.54, 1.807) is 0 Å². The fourth-order valence-corrected chi connectivity index (χ4v) is 0.998. The average Bonchev–Trinajstić information content (AvgIpc) is 2.09. The van der Waals surface area contributed by atoms with E-state index in [9.17, 15) is 0 Å². The fraction of sp³-hybridized carbons (Fsp3) is 0.250. The normalized spacial score (nSPS) is 12.6. The maximum atomic E-state index is 5.16. The number of thiol groups is 1. The number of aryl methyl sites for hydroxylation is 1. The van der Waals surface area contributed by atoms with Gasteiger partial charge in [-0.2, -0.15) is 0 Å². The van der Waals surface area contributed by atoms with Crippen LogP contribution >= 0.6 is 12.6 Å². The molecule has 0 aliphatic heterocycles. The summed E-state index contributed by atoms with van der Waals surface area (Å²) in [6, 6.07) is 8.02. The maximum Gasteiger partial charge on any atom is 0.135 e. The van der Waals surface area contributed by atoms with Crippen LogP contribution in [0.1, 0.15) is 5.56 Å². The molecule has 4 N–H and O–H groups in total. The van der Waals surface area contributed by atoms with Gasteiger partial charge < -0.3 is 5.32 Å². The molecule has 1 rings (SSSR count). The molecule has 1 unspecified atom stereocenters. The number of nitrogens with one attached hydrogen (secondary N) is 2. The summed E-state index contributed by atoms with van der Waals surface area (Å²) >= 11 is 4.12. The molecule has 0 saturated carbocycles. The molecule has 0 aliphatic rings. The van der Waals surface area contributed by atoms with E-state index in [4.69, 9.17) is 5.84 Å². The van der Waals surface area contributed by atoms with Crippen molar-refractivity contribution in [3.8, 4) is 0 Å². The molecule has 1 aromatic carbocycles. The molecule has 0 spiro atoms. The van der Waals surface area contributed by atoms with Gasteiger partial charge in [-0.25, -0.2) is 5.43 Å². The number of anilines is 1. The number of benzene rings is 1. The number of hydrogen-bond donors (Lipinski definition) is 4. The van der Waals surface area contributed by atoms with Gasteiger partial charge in [0.2, 0.25) is 0 Å². The quantitative estimate of drug-likeness (QED) is 0.245. The van der Waals surface area contributed by atoms with Crippen molar-refractivity contribution in [2.45, 2.75) is 12.4 Å². The molecule has 1 aromatic rings. The standard InChI is InChI=1S/C8H13N3S/c1-6-2-4-7(5-3-6)10-8(12)11-9/h2-5,8,10-12H,9H2,1H3. The van der Waals surface area contributed by atoms with Crippen LogP contribution in [-0.4, -0.2) is 5.50 Å². The van der Waals surface area contributed by atoms with Crippen molar-refractivity contribution in [2.75, 3.05) is 5.32 Å². The lowest BCUT2D eigenvalue weighted by Gasteiger charge is -2.12. The summed E-state index contributed by atoms with van der Waals surface area (Å²) in [6.45, 7) is 2.04. The summed E-state index contributed by atoms with van der Waals surface area (Å²) in [7, 11) is 0. The molecule has 0 aliphatic carbocycles. The van der Waals surface area contributed by atoms with E-state index < -0.39 is 0 Å². The second-order valence-corrected chi connectivity index (χ2v) is 3.10. The number of rotatable bonds is 3. The van der Waals surface area contributed by atoms with Crippen LogP contribution in [0.15, 0.2) is 24.3 Å². The molecule has 4 heteroatoms. The van der Waals surface area contributed by atoms with Crippen LogP contribution in [0.4, 0.5) is 5.69 Å². The first-order chi connectivity index (χ1) is 5.72. The van der Waals surface area contributed by atoms with Crippen LogP contribution in [0.3, 0.4) is 0 Å². The zero-order valence-corrected chi connectivity index (χ0v) is 7.81. The van der Waals surface area contributed by atoms with Crippen molar-refractivity contribution < 1.29 is 0 Å². The van der Waals surface area contributed by atoms with Gasteiger partial charge >= 0.3 is 0 Å². The van der Waals surface area contributed by atoms with Crippen molar-refractivity contribution >= 4 is 18.3 Å². The molecule has 0 saturated heterocycles. The van der Waals surface area contributed by atoms with Gasteiger partial charge in [0, 0.05) is 5.69 Å². The first-order valence-corrected chi connectivity index (χ1v) is 4.21. The second-order valence-electron chi connectivity index (χ2n) is 2.58. The Morgan fingerprint density at radius 3 is 2.42 bits per heavy atom. The van der Waals surface area contributed by atoms with Gasteiger partial charge in [0.15, 0.2) is 0 Å². The van der Waals surface area contributed by atoms with E-state index in [0.717, 1.165) is 5.69 Å². The maximum absolute atomic E-state index is 5.16. The summed E-state index contributed by atoms with van der Waals surface area (Å²) < 4.78 is 0. The minimum Gasteiger partial charge on any atom is -0.361 e. The Hall–Kier alpha value is -0.710. The second kappa shape index (κ2) is 4.35. The molecule has 0 bridgehead atoms. The lowest BCUT2D eigenvalue weighted by Crippen LogP contribution is -2.36. The Morgan fingerprint density at radius 1 is 1.33 bits per heavy atom. The van der Waals surface area contributed by atoms with Crippen molar-refractivity contribution in [3.63, 3.8) is 0 Å². The van der Waals surface area contributed by atoms with Gasteiger partial charge in [0.05, 0.1) is 0 Å². The van der Waals surface area contributed by atoms with E-state index in [1.165, 1.54) is 5.56 Å². The van der Waals surface area contributed by atoms with E-state index in [-0.39, 0.29) is 5.50 Å². The topological polar surface area (TPSA) is 50.1 Å². The van der Waals surface area contributed by atoms with Crippen molar-refractivity contribution in [1.82, 2.24) is 5.43 Å². The minimum atomic E-state index is -0.215. The van der Waals surface area contributed by atoms with Gasteiger partial charge in [0.1, 0.15) is 5.50 Å². The third kappa shape index (κ3) is 2.73. The van der Waals surface area contributed by atoms with Crippen molar-refractivity contribution in [2.24, 2.45) is 5.84 Å². The monoisotopic (exact) mass is 183 g/mol. The third-order valence-corrected chi connectivity index (χ3v) is 1.79. The Balaban J connectivity index is 2.58. The van der Waals surface area contributed by atoms with Crippen LogP contribution in [-0.2, 0) is 0 Å². The van der Waals surface area contributed by atoms with Crippen LogP contribution < -0.4 is 16.6 Å². The van der Waals surface area contributed by atoms with E-state index in [0.29, 0.717) is 0 Å². The summed E-state index contributed by atoms with van der Waals surface area (Å²) in [5.41, 5.74) is 4.50. The van der Waals surface area contributed by atoms with Gasteiger partial charge in [-0.1, -0.05) is 17.7 Å². The molecule has 1 atom stereocenters. The lowest BCUT2D eigenvalue weighted by molar-refractivity contribution is 0.748. The molecule has 12 heavy (non-hydrogen) atoms. The summed E-state index contributed by atoms with van der Waals surface area (Å²) in [4.78, 5) is 0. The Labute approximate surface area is 77.7 Å². The highest BCUT2D eigenvalue weighted by Crippen LogP contribution is 2.09. The Bertz CT molecular complexity index is 235. The number of hydrogen-bond acceptors (Lipinski definition) is 4. The lowest BCUT2D eigenvalue weighted by atomic mass is 10.2. The highest BCUT2D eigenvalue weighted by molar-refractivity contribution is 7.81. The molecule has 0 heterocycles. The van der Waals surface area contributed by atoms with Gasteiger partial charge in [-0.15, -0.1) is 12.6 Å². The zero-order chi connectivity index (χ0) is 8.97. The fourth-order valence-electron chi connectivity index (χ4n) is 0.849. The van der Waals surface area contributed by atoms with Crippen LogP contribution in [0.2, 0.25) is 0 Å². The molecule has 3 nitrogen and oxygen atoms in total. The van der Waals surface area contributed by atoms with E-state index in [1.807, 2.05) is 31.2 Å². The van der Waals surface area contributed by atoms with Gasteiger partial charge in [0.25, 0.3) is 0 Å². The average molecular weight is 183 g/mol. The Kier molecular flexibility index (Phi) is 3.40. The largest absolute Gasteiger partial charge is 0.361 e. The number of nitrogens with two attached hydrogens (primary N) is 1. The van der Waals surface area contributed by atoms with Crippen LogP contribution in [0.25, 0.3) is 0 Å². The van der Waals surface area contributed by atoms with Gasteiger partial charge in [-0.05, 0) is 19.1 Å². The molecule has 66 valence electrons. The minimum absolute atomic E-state index is 0.215. The molecule has 0 aromatic heterocycles. The van der Waals surface area contributed by atoms with E-state index in [2.05, 4.69) is 23.4 Å². The molecular weight excluding hydrogens is 170 g/mol. The number of hydrazine groups is 1. The molecule has 0 amide bonds. The highest BCUT2D eigenvalue weighted by Gasteiger charge is 1.97. The molecular formula is C8H13N3S. The predicted octanol–water partition coefficient (Wildman–Crippen LogP) is 1.08. The third-order valence-electron chi connectivity index (χ3n) is 1.51. The van der Waals surface area contributed by atoms with Crippen molar-refractivity contribution in [1.29, 1.82) is 0 Å². The predicted molar refractivity (Wildman–Crippen MR) is 54.9 cm³/mol. The smallest absolute Gasteiger partial charge is 0.135 e. The molecule has 0 fully saturated rings. The highest BCUT2D eigenvalue weighted by atomic mass is 32.1. The molecule has 0 radical (unpaired) electrons.